The number of aryl methyl sites for hydroxylation is 1. The van der Waals surface area contributed by atoms with E-state index in [1.54, 1.807) is 23.2 Å². The smallest absolute Gasteiger partial charge is 0.260 e. The summed E-state index contributed by atoms with van der Waals surface area (Å²) in [5, 5.41) is 7.73. The van der Waals surface area contributed by atoms with E-state index < -0.39 is 0 Å². The standard InChI is InChI=1S/C18H21N3O3/c1-14-5-2-6-15(11-14)23-13-18(22)21-10-4-7-16(12-21)24-17-8-3-9-19-20-17/h2-3,5-6,8-9,11,16H,4,7,10,12-13H2,1H3. The molecule has 2 heterocycles. The monoisotopic (exact) mass is 327 g/mol. The highest BCUT2D eigenvalue weighted by atomic mass is 16.5. The van der Waals surface area contributed by atoms with Gasteiger partial charge in [-0.2, -0.15) is 5.10 Å². The van der Waals surface area contributed by atoms with Gasteiger partial charge in [-0.3, -0.25) is 4.79 Å². The molecule has 1 aliphatic heterocycles. The number of nitrogens with zero attached hydrogens (tertiary/aromatic N) is 3. The molecule has 0 radical (unpaired) electrons. The lowest BCUT2D eigenvalue weighted by molar-refractivity contribution is -0.136. The first-order chi connectivity index (χ1) is 11.7. The summed E-state index contributed by atoms with van der Waals surface area (Å²) in [7, 11) is 0. The number of hydrogen-bond acceptors (Lipinski definition) is 5. The van der Waals surface area contributed by atoms with E-state index in [1.165, 1.54) is 0 Å². The van der Waals surface area contributed by atoms with Gasteiger partial charge in [0.15, 0.2) is 6.61 Å². The molecule has 24 heavy (non-hydrogen) atoms. The molecule has 1 aromatic heterocycles. The molecule has 1 fully saturated rings. The molecule has 1 atom stereocenters. The lowest BCUT2D eigenvalue weighted by Crippen LogP contribution is -2.46. The van der Waals surface area contributed by atoms with E-state index in [0.717, 1.165) is 24.9 Å². The summed E-state index contributed by atoms with van der Waals surface area (Å²) in [6, 6.07) is 11.2. The van der Waals surface area contributed by atoms with Crippen molar-refractivity contribution >= 4 is 5.91 Å². The van der Waals surface area contributed by atoms with Crippen molar-refractivity contribution in [1.82, 2.24) is 15.1 Å². The number of piperidine rings is 1. The fourth-order valence-electron chi connectivity index (χ4n) is 2.72. The number of amides is 1. The van der Waals surface area contributed by atoms with Crippen LogP contribution in [0.1, 0.15) is 18.4 Å². The Kier molecular flexibility index (Phi) is 5.25. The number of likely N-dealkylation sites (tertiary alicyclic amines) is 1. The minimum atomic E-state index is -0.0571. The first-order valence-electron chi connectivity index (χ1n) is 8.12. The third kappa shape index (κ3) is 4.44. The average Bonchev–Trinajstić information content (AvgIpc) is 2.61. The second kappa shape index (κ2) is 7.77. The van der Waals surface area contributed by atoms with Crippen LogP contribution >= 0.6 is 0 Å². The Labute approximate surface area is 141 Å². The van der Waals surface area contributed by atoms with Gasteiger partial charge in [0, 0.05) is 18.8 Å². The zero-order chi connectivity index (χ0) is 16.8. The van der Waals surface area contributed by atoms with Crippen LogP contribution in [0.4, 0.5) is 0 Å². The summed E-state index contributed by atoms with van der Waals surface area (Å²) < 4.78 is 11.4. The van der Waals surface area contributed by atoms with Crippen LogP contribution in [-0.4, -0.2) is 46.8 Å². The molecule has 1 amide bonds. The van der Waals surface area contributed by atoms with E-state index in [2.05, 4.69) is 10.2 Å². The number of carbonyl (C=O) groups is 1. The molecule has 1 saturated heterocycles. The summed E-state index contributed by atoms with van der Waals surface area (Å²) in [5.41, 5.74) is 1.11. The highest BCUT2D eigenvalue weighted by molar-refractivity contribution is 5.77. The van der Waals surface area contributed by atoms with Crippen molar-refractivity contribution in [3.63, 3.8) is 0 Å². The molecule has 126 valence electrons. The predicted molar refractivity (Wildman–Crippen MR) is 88.9 cm³/mol. The second-order valence-electron chi connectivity index (χ2n) is 5.89. The summed E-state index contributed by atoms with van der Waals surface area (Å²) in [6.07, 6.45) is 3.35. The van der Waals surface area contributed by atoms with Crippen LogP contribution in [0, 0.1) is 6.92 Å². The number of ether oxygens (including phenoxy) is 2. The maximum Gasteiger partial charge on any atom is 0.260 e. The van der Waals surface area contributed by atoms with Crippen molar-refractivity contribution < 1.29 is 14.3 Å². The molecule has 1 aromatic carbocycles. The van der Waals surface area contributed by atoms with E-state index in [-0.39, 0.29) is 18.6 Å². The first-order valence-corrected chi connectivity index (χ1v) is 8.12. The van der Waals surface area contributed by atoms with E-state index in [0.29, 0.717) is 18.2 Å². The van der Waals surface area contributed by atoms with Crippen molar-refractivity contribution in [2.24, 2.45) is 0 Å². The Morgan fingerprint density at radius 1 is 1.33 bits per heavy atom. The van der Waals surface area contributed by atoms with Gasteiger partial charge in [0.2, 0.25) is 5.88 Å². The number of hydrogen-bond donors (Lipinski definition) is 0. The maximum absolute atomic E-state index is 12.4. The van der Waals surface area contributed by atoms with Gasteiger partial charge < -0.3 is 14.4 Å². The van der Waals surface area contributed by atoms with E-state index in [9.17, 15) is 4.79 Å². The van der Waals surface area contributed by atoms with Gasteiger partial charge >= 0.3 is 0 Å². The van der Waals surface area contributed by atoms with Crippen molar-refractivity contribution in [3.05, 3.63) is 48.2 Å². The Morgan fingerprint density at radius 2 is 2.25 bits per heavy atom. The molecule has 0 saturated carbocycles. The molecular weight excluding hydrogens is 306 g/mol. The maximum atomic E-state index is 12.4. The number of aromatic nitrogens is 2. The lowest BCUT2D eigenvalue weighted by atomic mass is 10.1. The highest BCUT2D eigenvalue weighted by Gasteiger charge is 2.25. The van der Waals surface area contributed by atoms with E-state index >= 15 is 0 Å². The van der Waals surface area contributed by atoms with Crippen LogP contribution < -0.4 is 9.47 Å². The Balaban J connectivity index is 1.51. The molecule has 1 aliphatic rings. The molecule has 0 bridgehead atoms. The molecule has 2 aromatic rings. The molecule has 0 spiro atoms. The number of rotatable bonds is 5. The summed E-state index contributed by atoms with van der Waals surface area (Å²) in [6.45, 7) is 3.32. The van der Waals surface area contributed by atoms with Crippen molar-refractivity contribution in [1.29, 1.82) is 0 Å². The normalized spacial score (nSPS) is 17.4. The third-order valence-electron chi connectivity index (χ3n) is 3.92. The van der Waals surface area contributed by atoms with Gasteiger partial charge in [-0.05, 0) is 43.5 Å². The Bertz CT molecular complexity index is 678. The van der Waals surface area contributed by atoms with Crippen molar-refractivity contribution in [2.75, 3.05) is 19.7 Å². The van der Waals surface area contributed by atoms with Gasteiger partial charge in [0.05, 0.1) is 6.54 Å². The highest BCUT2D eigenvalue weighted by Crippen LogP contribution is 2.17. The molecular formula is C18H21N3O3. The van der Waals surface area contributed by atoms with Gasteiger partial charge in [-0.25, -0.2) is 0 Å². The summed E-state index contributed by atoms with van der Waals surface area (Å²) in [5.74, 6) is 1.18. The van der Waals surface area contributed by atoms with Gasteiger partial charge in [-0.1, -0.05) is 12.1 Å². The SMILES string of the molecule is Cc1cccc(OCC(=O)N2CCCC(Oc3cccnn3)C2)c1. The van der Waals surface area contributed by atoms with Crippen LogP contribution in [0.25, 0.3) is 0 Å². The van der Waals surface area contributed by atoms with Crippen molar-refractivity contribution in [3.8, 4) is 11.6 Å². The minimum absolute atomic E-state index is 0.0241. The number of benzene rings is 1. The fourth-order valence-corrected chi connectivity index (χ4v) is 2.72. The quantitative estimate of drug-likeness (QED) is 0.842. The van der Waals surface area contributed by atoms with Crippen LogP contribution in [0.5, 0.6) is 11.6 Å². The first kappa shape index (κ1) is 16.2. The largest absolute Gasteiger partial charge is 0.484 e. The van der Waals surface area contributed by atoms with Gasteiger partial charge in [0.1, 0.15) is 11.9 Å². The van der Waals surface area contributed by atoms with E-state index in [4.69, 9.17) is 9.47 Å². The molecule has 0 N–H and O–H groups in total. The predicted octanol–water partition coefficient (Wildman–Crippen LogP) is 2.23. The van der Waals surface area contributed by atoms with Crippen LogP contribution in [0.2, 0.25) is 0 Å². The molecule has 1 unspecified atom stereocenters. The third-order valence-corrected chi connectivity index (χ3v) is 3.92. The van der Waals surface area contributed by atoms with Crippen LogP contribution in [0.15, 0.2) is 42.6 Å². The topological polar surface area (TPSA) is 64.5 Å². The minimum Gasteiger partial charge on any atom is -0.484 e. The van der Waals surface area contributed by atoms with Crippen LogP contribution in [-0.2, 0) is 4.79 Å². The van der Waals surface area contributed by atoms with E-state index in [1.807, 2.05) is 31.2 Å². The second-order valence-corrected chi connectivity index (χ2v) is 5.89. The zero-order valence-electron chi connectivity index (χ0n) is 13.7. The summed E-state index contributed by atoms with van der Waals surface area (Å²) >= 11 is 0. The zero-order valence-corrected chi connectivity index (χ0v) is 13.7. The molecule has 6 nitrogen and oxygen atoms in total. The van der Waals surface area contributed by atoms with Gasteiger partial charge in [0.25, 0.3) is 5.91 Å². The molecule has 0 aliphatic carbocycles. The summed E-state index contributed by atoms with van der Waals surface area (Å²) in [4.78, 5) is 14.2. The Morgan fingerprint density at radius 3 is 3.04 bits per heavy atom. The Hall–Kier alpha value is -2.63. The van der Waals surface area contributed by atoms with Gasteiger partial charge in [-0.15, -0.1) is 5.10 Å². The number of carbonyl (C=O) groups excluding carboxylic acids is 1. The van der Waals surface area contributed by atoms with Crippen LogP contribution in [0.3, 0.4) is 0 Å². The molecule has 3 rings (SSSR count). The average molecular weight is 327 g/mol. The molecule has 6 heteroatoms. The lowest BCUT2D eigenvalue weighted by Gasteiger charge is -2.32. The fraction of sp³-hybridized carbons (Fsp3) is 0.389. The van der Waals surface area contributed by atoms with Crippen molar-refractivity contribution in [2.45, 2.75) is 25.9 Å².